The lowest BCUT2D eigenvalue weighted by molar-refractivity contribution is -0.143. The molecule has 0 amide bonds. The van der Waals surface area contributed by atoms with E-state index in [0.717, 1.165) is 6.42 Å². The molecule has 1 atom stereocenters. The first kappa shape index (κ1) is 10.4. The van der Waals surface area contributed by atoms with Gasteiger partial charge in [-0.05, 0) is 27.3 Å². The molecular formula is C8H17NO2. The second-order valence-corrected chi connectivity index (χ2v) is 2.53. The van der Waals surface area contributed by atoms with Crippen molar-refractivity contribution in [3.63, 3.8) is 0 Å². The number of carbonyl (C=O) groups excluding carboxylic acids is 1. The molecule has 11 heavy (non-hydrogen) atoms. The Kier molecular flexibility index (Phi) is 5.84. The predicted molar refractivity (Wildman–Crippen MR) is 44.4 cm³/mol. The Bertz CT molecular complexity index is 115. The number of hydrogen-bond donors (Lipinski definition) is 1. The van der Waals surface area contributed by atoms with Gasteiger partial charge in [0.15, 0.2) is 0 Å². The van der Waals surface area contributed by atoms with Gasteiger partial charge in [0.2, 0.25) is 0 Å². The maximum atomic E-state index is 10.8. The first-order valence-corrected chi connectivity index (χ1v) is 4.03. The van der Waals surface area contributed by atoms with Crippen LogP contribution in [0.15, 0.2) is 0 Å². The van der Waals surface area contributed by atoms with E-state index in [2.05, 4.69) is 5.32 Å². The van der Waals surface area contributed by atoms with Crippen LogP contribution in [0.4, 0.5) is 0 Å². The molecule has 3 heteroatoms. The summed E-state index contributed by atoms with van der Waals surface area (Å²) in [4.78, 5) is 10.8. The zero-order valence-corrected chi connectivity index (χ0v) is 7.52. The van der Waals surface area contributed by atoms with Gasteiger partial charge in [-0.25, -0.2) is 0 Å². The van der Waals surface area contributed by atoms with Crippen LogP contribution >= 0.6 is 0 Å². The molecule has 0 aliphatic carbocycles. The molecular weight excluding hydrogens is 142 g/mol. The van der Waals surface area contributed by atoms with Gasteiger partial charge < -0.3 is 10.1 Å². The van der Waals surface area contributed by atoms with Crippen molar-refractivity contribution in [3.05, 3.63) is 0 Å². The molecule has 0 aromatic carbocycles. The average Bonchev–Trinajstić information content (AvgIpc) is 2.01. The first-order valence-electron chi connectivity index (χ1n) is 4.03. The van der Waals surface area contributed by atoms with Gasteiger partial charge in [-0.3, -0.25) is 4.79 Å². The molecule has 0 aromatic heterocycles. The molecule has 66 valence electrons. The molecule has 1 N–H and O–H groups in total. The van der Waals surface area contributed by atoms with E-state index in [1.807, 2.05) is 20.9 Å². The fraction of sp³-hybridized carbons (Fsp3) is 0.875. The lowest BCUT2D eigenvalue weighted by atomic mass is 10.2. The second kappa shape index (κ2) is 6.16. The van der Waals surface area contributed by atoms with Gasteiger partial charge in [-0.2, -0.15) is 0 Å². The normalized spacial score (nSPS) is 12.6. The molecule has 0 radical (unpaired) electrons. The Morgan fingerprint density at radius 3 is 2.73 bits per heavy atom. The van der Waals surface area contributed by atoms with Crippen LogP contribution in [0.1, 0.15) is 26.7 Å². The third-order valence-corrected chi connectivity index (χ3v) is 1.58. The summed E-state index contributed by atoms with van der Waals surface area (Å²) in [5, 5.41) is 3.05. The molecule has 0 saturated carbocycles. The SMILES string of the molecule is CCOC(=O)CCC(C)NC. The average molecular weight is 159 g/mol. The van der Waals surface area contributed by atoms with E-state index in [9.17, 15) is 4.79 Å². The van der Waals surface area contributed by atoms with Gasteiger partial charge >= 0.3 is 5.97 Å². The molecule has 3 nitrogen and oxygen atoms in total. The van der Waals surface area contributed by atoms with Crippen molar-refractivity contribution >= 4 is 5.97 Å². The number of ether oxygens (including phenoxy) is 1. The van der Waals surface area contributed by atoms with Crippen molar-refractivity contribution in [2.45, 2.75) is 32.7 Å². The van der Waals surface area contributed by atoms with Crippen molar-refractivity contribution in [1.29, 1.82) is 0 Å². The summed E-state index contributed by atoms with van der Waals surface area (Å²) < 4.78 is 4.77. The topological polar surface area (TPSA) is 38.3 Å². The highest BCUT2D eigenvalue weighted by Gasteiger charge is 2.04. The molecule has 0 aliphatic heterocycles. The van der Waals surface area contributed by atoms with Crippen molar-refractivity contribution < 1.29 is 9.53 Å². The molecule has 1 unspecified atom stereocenters. The summed E-state index contributed by atoms with van der Waals surface area (Å²) in [5.41, 5.74) is 0. The van der Waals surface area contributed by atoms with E-state index in [4.69, 9.17) is 4.74 Å². The fourth-order valence-corrected chi connectivity index (χ4v) is 0.712. The molecule has 0 fully saturated rings. The van der Waals surface area contributed by atoms with E-state index in [1.165, 1.54) is 0 Å². The van der Waals surface area contributed by atoms with E-state index in [-0.39, 0.29) is 5.97 Å². The van der Waals surface area contributed by atoms with Gasteiger partial charge in [0, 0.05) is 12.5 Å². The number of rotatable bonds is 5. The van der Waals surface area contributed by atoms with Gasteiger partial charge in [0.25, 0.3) is 0 Å². The minimum absolute atomic E-state index is 0.102. The Labute approximate surface area is 68.1 Å². The van der Waals surface area contributed by atoms with Crippen LogP contribution in [-0.4, -0.2) is 25.7 Å². The Morgan fingerprint density at radius 2 is 2.27 bits per heavy atom. The first-order chi connectivity index (χ1) is 5.20. The zero-order valence-electron chi connectivity index (χ0n) is 7.52. The van der Waals surface area contributed by atoms with Crippen LogP contribution in [-0.2, 0) is 9.53 Å². The largest absolute Gasteiger partial charge is 0.466 e. The highest BCUT2D eigenvalue weighted by molar-refractivity contribution is 5.69. The smallest absolute Gasteiger partial charge is 0.305 e. The summed E-state index contributed by atoms with van der Waals surface area (Å²) in [5.74, 6) is -0.102. The molecule has 0 saturated heterocycles. The molecule has 0 heterocycles. The minimum Gasteiger partial charge on any atom is -0.466 e. The van der Waals surface area contributed by atoms with Crippen molar-refractivity contribution in [3.8, 4) is 0 Å². The quantitative estimate of drug-likeness (QED) is 0.607. The van der Waals surface area contributed by atoms with Crippen molar-refractivity contribution in [2.75, 3.05) is 13.7 Å². The van der Waals surface area contributed by atoms with Gasteiger partial charge in [-0.15, -0.1) is 0 Å². The zero-order chi connectivity index (χ0) is 8.69. The second-order valence-electron chi connectivity index (χ2n) is 2.53. The Hall–Kier alpha value is -0.570. The summed E-state index contributed by atoms with van der Waals surface area (Å²) in [7, 11) is 1.88. The molecule has 0 rings (SSSR count). The maximum Gasteiger partial charge on any atom is 0.305 e. The van der Waals surface area contributed by atoms with E-state index in [1.54, 1.807) is 0 Å². The van der Waals surface area contributed by atoms with Crippen LogP contribution in [0.25, 0.3) is 0 Å². The van der Waals surface area contributed by atoms with Gasteiger partial charge in [0.1, 0.15) is 0 Å². The van der Waals surface area contributed by atoms with E-state index >= 15 is 0 Å². The van der Waals surface area contributed by atoms with Gasteiger partial charge in [-0.1, -0.05) is 0 Å². The lowest BCUT2D eigenvalue weighted by Gasteiger charge is -2.08. The highest BCUT2D eigenvalue weighted by Crippen LogP contribution is 1.97. The van der Waals surface area contributed by atoms with Crippen LogP contribution in [0.5, 0.6) is 0 Å². The van der Waals surface area contributed by atoms with E-state index in [0.29, 0.717) is 19.1 Å². The van der Waals surface area contributed by atoms with Crippen LogP contribution in [0, 0.1) is 0 Å². The number of nitrogens with one attached hydrogen (secondary N) is 1. The van der Waals surface area contributed by atoms with Crippen molar-refractivity contribution in [2.24, 2.45) is 0 Å². The summed E-state index contributed by atoms with van der Waals surface area (Å²) in [6, 6.07) is 0.388. The molecule has 0 aromatic rings. The van der Waals surface area contributed by atoms with E-state index < -0.39 is 0 Å². The Morgan fingerprint density at radius 1 is 1.64 bits per heavy atom. The summed E-state index contributed by atoms with van der Waals surface area (Å²) in [6.07, 6.45) is 1.35. The van der Waals surface area contributed by atoms with Crippen LogP contribution in [0.2, 0.25) is 0 Å². The molecule has 0 bridgehead atoms. The third kappa shape index (κ3) is 5.85. The lowest BCUT2D eigenvalue weighted by Crippen LogP contribution is -2.22. The number of carbonyl (C=O) groups is 1. The fourth-order valence-electron chi connectivity index (χ4n) is 0.712. The number of hydrogen-bond acceptors (Lipinski definition) is 3. The monoisotopic (exact) mass is 159 g/mol. The minimum atomic E-state index is -0.102. The molecule has 0 spiro atoms. The highest BCUT2D eigenvalue weighted by atomic mass is 16.5. The van der Waals surface area contributed by atoms with Gasteiger partial charge in [0.05, 0.1) is 6.61 Å². The predicted octanol–water partition coefficient (Wildman–Crippen LogP) is 0.938. The molecule has 0 aliphatic rings. The van der Waals surface area contributed by atoms with Crippen LogP contribution < -0.4 is 5.32 Å². The maximum absolute atomic E-state index is 10.8. The standard InChI is InChI=1S/C8H17NO2/c1-4-11-8(10)6-5-7(2)9-3/h7,9H,4-6H2,1-3H3. The van der Waals surface area contributed by atoms with Crippen LogP contribution in [0.3, 0.4) is 0 Å². The van der Waals surface area contributed by atoms with Crippen molar-refractivity contribution in [1.82, 2.24) is 5.32 Å². The summed E-state index contributed by atoms with van der Waals surface area (Å²) in [6.45, 7) is 4.34. The Balaban J connectivity index is 3.30. The third-order valence-electron chi connectivity index (χ3n) is 1.58. The number of esters is 1. The summed E-state index contributed by atoms with van der Waals surface area (Å²) >= 11 is 0.